The fourth-order valence-corrected chi connectivity index (χ4v) is 1.88. The van der Waals surface area contributed by atoms with Crippen molar-refractivity contribution in [1.82, 2.24) is 0 Å². The van der Waals surface area contributed by atoms with E-state index in [0.29, 0.717) is 11.1 Å². The van der Waals surface area contributed by atoms with Gasteiger partial charge < -0.3 is 24.8 Å². The molecule has 1 aromatic heterocycles. The van der Waals surface area contributed by atoms with E-state index in [9.17, 15) is 14.7 Å². The van der Waals surface area contributed by atoms with Crippen molar-refractivity contribution in [3.63, 3.8) is 0 Å². The lowest BCUT2D eigenvalue weighted by Crippen LogP contribution is -1.93. The summed E-state index contributed by atoms with van der Waals surface area (Å²) in [6.07, 6.45) is 2.16. The first-order valence-corrected chi connectivity index (χ1v) is 7.01. The second-order valence-corrected chi connectivity index (χ2v) is 4.89. The number of carboxylic acid groups (broad SMARTS) is 1. The highest BCUT2D eigenvalue weighted by molar-refractivity contribution is 5.85. The first-order chi connectivity index (χ1) is 11.8. The van der Waals surface area contributed by atoms with Gasteiger partial charge in [-0.3, -0.25) is 0 Å². The van der Waals surface area contributed by atoms with Gasteiger partial charge in [-0.25, -0.2) is 9.59 Å². The Hall–Kier alpha value is -3.74. The largest absolute Gasteiger partial charge is 0.508 e. The maximum absolute atomic E-state index is 10.7. The maximum atomic E-state index is 10.7. The second kappa shape index (κ2) is 10.3. The van der Waals surface area contributed by atoms with Gasteiger partial charge in [-0.15, -0.1) is 0 Å². The van der Waals surface area contributed by atoms with Crippen LogP contribution in [0.2, 0.25) is 0 Å². The van der Waals surface area contributed by atoms with Crippen LogP contribution in [0.25, 0.3) is 17.0 Å². The quantitative estimate of drug-likeness (QED) is 0.395. The average molecular weight is 374 g/mol. The fraction of sp³-hybridized carbons (Fsp3) is 0.100. The van der Waals surface area contributed by atoms with E-state index < -0.39 is 11.6 Å². The van der Waals surface area contributed by atoms with Gasteiger partial charge in [-0.1, -0.05) is 14.9 Å². The molecule has 0 radical (unpaired) electrons. The molecule has 0 aliphatic rings. The van der Waals surface area contributed by atoms with Gasteiger partial charge in [0.2, 0.25) is 0 Å². The smallest absolute Gasteiger partial charge is 0.336 e. The van der Waals surface area contributed by atoms with Crippen molar-refractivity contribution in [2.75, 3.05) is 0 Å². The predicted molar refractivity (Wildman–Crippen MR) is 104 cm³/mol. The lowest BCUT2D eigenvalue weighted by atomic mass is 10.2. The minimum Gasteiger partial charge on any atom is -0.508 e. The summed E-state index contributed by atoms with van der Waals surface area (Å²) in [6, 6.07) is 11.6. The van der Waals surface area contributed by atoms with Crippen LogP contribution in [0, 0.1) is 0 Å². The van der Waals surface area contributed by atoms with E-state index >= 15 is 0 Å². The third kappa shape index (κ3) is 6.95. The Labute approximate surface area is 156 Å². The zero-order valence-corrected chi connectivity index (χ0v) is 12.8. The molecule has 0 aliphatic carbocycles. The lowest BCUT2D eigenvalue weighted by molar-refractivity contribution is -0.131. The van der Waals surface area contributed by atoms with Gasteiger partial charge in [0, 0.05) is 35.2 Å². The number of hydrogen-bond donors (Lipinski definition) is 4. The number of fused-ring (bicyclic) bond motifs is 1. The monoisotopic (exact) mass is 374 g/mol. The first kappa shape index (κ1) is 23.3. The molecule has 3 rings (SSSR count). The van der Waals surface area contributed by atoms with Crippen molar-refractivity contribution < 1.29 is 29.6 Å². The molecule has 0 aliphatic heterocycles. The van der Waals surface area contributed by atoms with E-state index in [1.807, 2.05) is 0 Å². The fourth-order valence-electron chi connectivity index (χ4n) is 1.88. The number of aromatic hydroxyl groups is 3. The molecule has 0 spiro atoms. The Bertz CT molecular complexity index is 987. The maximum Gasteiger partial charge on any atom is 0.336 e. The summed E-state index contributed by atoms with van der Waals surface area (Å²) in [5.74, 6) is -1.22. The molecule has 0 saturated heterocycles. The number of carbonyl (C=O) groups is 1. The van der Waals surface area contributed by atoms with Crippen molar-refractivity contribution in [3.8, 4) is 17.2 Å². The van der Waals surface area contributed by atoms with Crippen molar-refractivity contribution in [2.24, 2.45) is 0 Å². The molecule has 4 N–H and O–H groups in total. The molecule has 1 heterocycles. The van der Waals surface area contributed by atoms with Crippen LogP contribution < -0.4 is 5.63 Å². The normalized spacial score (nSPS) is 9.63. The van der Waals surface area contributed by atoms with Crippen molar-refractivity contribution in [1.29, 1.82) is 0 Å². The van der Waals surface area contributed by atoms with Crippen LogP contribution in [0.5, 0.6) is 17.2 Å². The summed E-state index contributed by atoms with van der Waals surface area (Å²) < 4.78 is 4.83. The second-order valence-electron chi connectivity index (χ2n) is 4.89. The van der Waals surface area contributed by atoms with Crippen molar-refractivity contribution in [2.45, 2.75) is 14.9 Å². The molecule has 27 heavy (non-hydrogen) atoms. The number of rotatable bonds is 2. The van der Waals surface area contributed by atoms with Gasteiger partial charge >= 0.3 is 11.6 Å². The molecule has 3 aromatic rings. The zero-order chi connectivity index (χ0) is 18.4. The van der Waals surface area contributed by atoms with E-state index in [1.54, 1.807) is 18.2 Å². The molecule has 0 unspecified atom stereocenters. The predicted octanol–water partition coefficient (Wildman–Crippen LogP) is 3.97. The average Bonchev–Trinajstić information content (AvgIpc) is 2.54. The number of benzene rings is 2. The molecular formula is C20H22O7. The minimum atomic E-state index is -1.09. The molecule has 144 valence electrons. The Morgan fingerprint density at radius 3 is 2.11 bits per heavy atom. The topological polar surface area (TPSA) is 128 Å². The zero-order valence-electron chi connectivity index (χ0n) is 12.8. The van der Waals surface area contributed by atoms with Gasteiger partial charge in [0.15, 0.2) is 0 Å². The van der Waals surface area contributed by atoms with E-state index in [4.69, 9.17) is 19.7 Å². The van der Waals surface area contributed by atoms with E-state index in [-0.39, 0.29) is 32.1 Å². The van der Waals surface area contributed by atoms with Crippen LogP contribution in [-0.2, 0) is 4.79 Å². The van der Waals surface area contributed by atoms with Crippen molar-refractivity contribution >= 4 is 23.0 Å². The van der Waals surface area contributed by atoms with Gasteiger partial charge in [0.05, 0.1) is 0 Å². The number of phenols is 3. The highest BCUT2D eigenvalue weighted by Gasteiger charge is 1.99. The van der Waals surface area contributed by atoms with E-state index in [2.05, 4.69) is 0 Å². The van der Waals surface area contributed by atoms with Crippen LogP contribution in [0.4, 0.5) is 0 Å². The Morgan fingerprint density at radius 1 is 0.889 bits per heavy atom. The summed E-state index contributed by atoms with van der Waals surface area (Å²) in [5, 5.41) is 36.3. The molecule has 7 heteroatoms. The first-order valence-electron chi connectivity index (χ1n) is 7.01. The van der Waals surface area contributed by atoms with Gasteiger partial charge in [-0.2, -0.15) is 0 Å². The summed E-state index contributed by atoms with van der Waals surface area (Å²) >= 11 is 0. The highest BCUT2D eigenvalue weighted by Crippen LogP contribution is 2.23. The van der Waals surface area contributed by atoms with Crippen LogP contribution in [0.3, 0.4) is 0 Å². The molecular weight excluding hydrogens is 352 g/mol. The standard InChI is InChI=1S/C9H8O4.C9H6O3.2CH4/c10-7-3-1-6(8(11)5-7)2-4-9(12)13;10-7-3-1-6-2-4-9(11)12-8(6)5-7;;/h1-5,10-11H,(H,12,13);1-5,10H;2*1H4/b4-2+;;;. The van der Waals surface area contributed by atoms with E-state index in [1.165, 1.54) is 30.3 Å². The number of phenolic OH excluding ortho intramolecular Hbond substituents is 3. The molecule has 2 aromatic carbocycles. The SMILES string of the molecule is C.C.O=C(O)/C=C/c1ccc(O)cc1O.O=c1ccc2ccc(O)cc2o1. The number of carboxylic acids is 1. The molecule has 0 fully saturated rings. The molecule has 0 bridgehead atoms. The Kier molecular flexibility index (Phi) is 8.87. The van der Waals surface area contributed by atoms with Crippen LogP contribution >= 0.6 is 0 Å². The van der Waals surface area contributed by atoms with Gasteiger partial charge in [-0.05, 0) is 36.4 Å². The summed E-state index contributed by atoms with van der Waals surface area (Å²) in [7, 11) is 0. The van der Waals surface area contributed by atoms with Crippen LogP contribution in [0.15, 0.2) is 63.8 Å². The Morgan fingerprint density at radius 2 is 1.48 bits per heavy atom. The van der Waals surface area contributed by atoms with Gasteiger partial charge in [0.25, 0.3) is 0 Å². The summed E-state index contributed by atoms with van der Waals surface area (Å²) in [6.45, 7) is 0. The minimum absolute atomic E-state index is 0. The lowest BCUT2D eigenvalue weighted by Gasteiger charge is -1.98. The van der Waals surface area contributed by atoms with Gasteiger partial charge in [0.1, 0.15) is 22.8 Å². The number of hydrogen-bond acceptors (Lipinski definition) is 6. The van der Waals surface area contributed by atoms with Crippen LogP contribution in [-0.4, -0.2) is 26.4 Å². The third-order valence-electron chi connectivity index (χ3n) is 3.03. The molecule has 7 nitrogen and oxygen atoms in total. The summed E-state index contributed by atoms with van der Waals surface area (Å²) in [4.78, 5) is 20.9. The highest BCUT2D eigenvalue weighted by atomic mass is 16.4. The number of aliphatic carboxylic acids is 1. The Balaban J connectivity index is 0.000000467. The molecule has 0 atom stereocenters. The summed E-state index contributed by atoms with van der Waals surface area (Å²) in [5.41, 5.74) is 0.343. The third-order valence-corrected chi connectivity index (χ3v) is 3.03. The van der Waals surface area contributed by atoms with E-state index in [0.717, 1.165) is 17.5 Å². The molecule has 0 amide bonds. The van der Waals surface area contributed by atoms with Crippen LogP contribution in [0.1, 0.15) is 20.4 Å². The van der Waals surface area contributed by atoms with Crippen molar-refractivity contribution in [3.05, 3.63) is 70.6 Å². The molecule has 0 saturated carbocycles.